The Kier molecular flexibility index (Phi) is 3.31. The highest BCUT2D eigenvalue weighted by Crippen LogP contribution is 2.10. The number of carbonyl (C=O) groups excluding carboxylic acids is 3. The molecule has 0 bridgehead atoms. The van der Waals surface area contributed by atoms with Crippen molar-refractivity contribution in [2.45, 2.75) is 25.8 Å². The van der Waals surface area contributed by atoms with Crippen LogP contribution in [0.15, 0.2) is 0 Å². The summed E-state index contributed by atoms with van der Waals surface area (Å²) >= 11 is 0. The summed E-state index contributed by atoms with van der Waals surface area (Å²) in [6, 6.07) is -0.293. The number of hydrogen-bond acceptors (Lipinski definition) is 4. The topological polar surface area (TPSA) is 63.2 Å². The zero-order chi connectivity index (χ0) is 9.84. The summed E-state index contributed by atoms with van der Waals surface area (Å²) in [5.74, 6) is -1.70. The molecule has 72 valence electrons. The minimum Gasteiger partial charge on any atom is -0.307 e. The van der Waals surface area contributed by atoms with Gasteiger partial charge in [0.1, 0.15) is 18.0 Å². The summed E-state index contributed by atoms with van der Waals surface area (Å²) in [5.41, 5.74) is 0. The molecule has 1 rings (SSSR count). The smallest absolute Gasteiger partial charge is 0.167 e. The number of Topliss-reactive ketones (excluding diaryl/α,β-unsaturated/α-hetero) is 2. The first kappa shape index (κ1) is 10.1. The molecule has 13 heavy (non-hydrogen) atoms. The van der Waals surface area contributed by atoms with E-state index in [0.29, 0.717) is 6.29 Å². The number of hydrogen-bond donors (Lipinski definition) is 1. The van der Waals surface area contributed by atoms with Gasteiger partial charge in [-0.15, -0.1) is 0 Å². The molecule has 0 aromatic heterocycles. The monoisotopic (exact) mass is 183 g/mol. The van der Waals surface area contributed by atoms with Gasteiger partial charge in [-0.05, 0) is 26.3 Å². The maximum absolute atomic E-state index is 11.5. The molecule has 4 nitrogen and oxygen atoms in total. The molecule has 1 aliphatic rings. The first-order chi connectivity index (χ1) is 6.16. The Morgan fingerprint density at radius 2 is 2.23 bits per heavy atom. The van der Waals surface area contributed by atoms with Crippen LogP contribution < -0.4 is 5.32 Å². The molecule has 4 heteroatoms. The third-order valence-corrected chi connectivity index (χ3v) is 2.28. The number of nitrogens with one attached hydrogen (secondary N) is 1. The van der Waals surface area contributed by atoms with Crippen LogP contribution in [0.1, 0.15) is 19.8 Å². The molecule has 0 amide bonds. The summed E-state index contributed by atoms with van der Waals surface area (Å²) in [5, 5.41) is 2.97. The first-order valence-corrected chi connectivity index (χ1v) is 4.39. The van der Waals surface area contributed by atoms with E-state index < -0.39 is 5.92 Å². The third-order valence-electron chi connectivity index (χ3n) is 2.28. The minimum atomic E-state index is -1.06. The van der Waals surface area contributed by atoms with E-state index in [-0.39, 0.29) is 17.6 Å². The quantitative estimate of drug-likeness (QED) is 0.480. The van der Waals surface area contributed by atoms with Crippen molar-refractivity contribution in [2.24, 2.45) is 5.92 Å². The van der Waals surface area contributed by atoms with Crippen molar-refractivity contribution in [2.75, 3.05) is 6.54 Å². The van der Waals surface area contributed by atoms with E-state index in [4.69, 9.17) is 0 Å². The van der Waals surface area contributed by atoms with Crippen molar-refractivity contribution in [3.63, 3.8) is 0 Å². The highest BCUT2D eigenvalue weighted by Gasteiger charge is 2.31. The Balaban J connectivity index is 2.62. The van der Waals surface area contributed by atoms with E-state index in [2.05, 4.69) is 5.32 Å². The molecule has 0 saturated carbocycles. The first-order valence-electron chi connectivity index (χ1n) is 4.39. The molecule has 0 aromatic rings. The predicted molar refractivity (Wildman–Crippen MR) is 46.3 cm³/mol. The normalized spacial score (nSPS) is 23.9. The summed E-state index contributed by atoms with van der Waals surface area (Å²) in [7, 11) is 0. The van der Waals surface area contributed by atoms with E-state index in [1.54, 1.807) is 0 Å². The van der Waals surface area contributed by atoms with Gasteiger partial charge in [0.2, 0.25) is 0 Å². The van der Waals surface area contributed by atoms with Crippen LogP contribution in [0.25, 0.3) is 0 Å². The molecule has 1 fully saturated rings. The Labute approximate surface area is 76.7 Å². The molecule has 0 aliphatic carbocycles. The Morgan fingerprint density at radius 1 is 1.54 bits per heavy atom. The SMILES string of the molecule is CC(=O)C(C=O)C(=O)C1CCCN1. The highest BCUT2D eigenvalue weighted by atomic mass is 16.2. The van der Waals surface area contributed by atoms with Crippen molar-refractivity contribution in [3.05, 3.63) is 0 Å². The van der Waals surface area contributed by atoms with Crippen LogP contribution in [0.5, 0.6) is 0 Å². The van der Waals surface area contributed by atoms with Gasteiger partial charge in [0.15, 0.2) is 5.78 Å². The lowest BCUT2D eigenvalue weighted by molar-refractivity contribution is -0.135. The van der Waals surface area contributed by atoms with Crippen molar-refractivity contribution in [1.29, 1.82) is 0 Å². The standard InChI is InChI=1S/C9H13NO3/c1-6(12)7(5-11)9(13)8-3-2-4-10-8/h5,7-8,10H,2-4H2,1H3. The molecule has 2 unspecified atom stereocenters. The van der Waals surface area contributed by atoms with Crippen molar-refractivity contribution in [1.82, 2.24) is 5.32 Å². The summed E-state index contributed by atoms with van der Waals surface area (Å²) < 4.78 is 0. The molecule has 0 spiro atoms. The molecule has 1 saturated heterocycles. The van der Waals surface area contributed by atoms with Crippen LogP contribution in [-0.4, -0.2) is 30.4 Å². The largest absolute Gasteiger partial charge is 0.307 e. The van der Waals surface area contributed by atoms with E-state index in [1.807, 2.05) is 0 Å². The van der Waals surface area contributed by atoms with Crippen LogP contribution >= 0.6 is 0 Å². The van der Waals surface area contributed by atoms with Gasteiger partial charge < -0.3 is 10.1 Å². The number of carbonyl (C=O) groups is 3. The lowest BCUT2D eigenvalue weighted by Crippen LogP contribution is -2.38. The zero-order valence-electron chi connectivity index (χ0n) is 7.58. The molecule has 1 N–H and O–H groups in total. The van der Waals surface area contributed by atoms with Gasteiger partial charge in [-0.2, -0.15) is 0 Å². The summed E-state index contributed by atoms with van der Waals surface area (Å²) in [6.45, 7) is 2.06. The Hall–Kier alpha value is -1.03. The van der Waals surface area contributed by atoms with Gasteiger partial charge in [0, 0.05) is 0 Å². The van der Waals surface area contributed by atoms with Crippen LogP contribution in [0.2, 0.25) is 0 Å². The van der Waals surface area contributed by atoms with Crippen LogP contribution in [-0.2, 0) is 14.4 Å². The second kappa shape index (κ2) is 4.28. The van der Waals surface area contributed by atoms with Gasteiger partial charge >= 0.3 is 0 Å². The van der Waals surface area contributed by atoms with E-state index in [9.17, 15) is 14.4 Å². The fourth-order valence-corrected chi connectivity index (χ4v) is 1.51. The second-order valence-corrected chi connectivity index (χ2v) is 3.28. The van der Waals surface area contributed by atoms with Gasteiger partial charge in [0.25, 0.3) is 0 Å². The lowest BCUT2D eigenvalue weighted by atomic mass is 9.95. The molecule has 0 radical (unpaired) electrons. The van der Waals surface area contributed by atoms with E-state index >= 15 is 0 Å². The van der Waals surface area contributed by atoms with E-state index in [0.717, 1.165) is 19.4 Å². The fourth-order valence-electron chi connectivity index (χ4n) is 1.51. The van der Waals surface area contributed by atoms with E-state index in [1.165, 1.54) is 6.92 Å². The van der Waals surface area contributed by atoms with Gasteiger partial charge in [-0.3, -0.25) is 9.59 Å². The van der Waals surface area contributed by atoms with Gasteiger partial charge in [-0.1, -0.05) is 0 Å². The average Bonchev–Trinajstić information content (AvgIpc) is 2.56. The number of ketones is 2. The molecular weight excluding hydrogens is 170 g/mol. The van der Waals surface area contributed by atoms with Crippen molar-refractivity contribution < 1.29 is 14.4 Å². The predicted octanol–water partition coefficient (Wildman–Crippen LogP) is -0.288. The second-order valence-electron chi connectivity index (χ2n) is 3.28. The fraction of sp³-hybridized carbons (Fsp3) is 0.667. The van der Waals surface area contributed by atoms with Crippen molar-refractivity contribution >= 4 is 17.9 Å². The van der Waals surface area contributed by atoms with Gasteiger partial charge in [0.05, 0.1) is 6.04 Å². The average molecular weight is 183 g/mol. The highest BCUT2D eigenvalue weighted by molar-refractivity contribution is 6.14. The van der Waals surface area contributed by atoms with Crippen molar-refractivity contribution in [3.8, 4) is 0 Å². The molecule has 1 heterocycles. The number of rotatable bonds is 4. The summed E-state index contributed by atoms with van der Waals surface area (Å²) in [6.07, 6.45) is 2.10. The van der Waals surface area contributed by atoms with Crippen LogP contribution in [0.4, 0.5) is 0 Å². The molecule has 1 aliphatic heterocycles. The number of aldehydes is 1. The maximum atomic E-state index is 11.5. The molecule has 0 aromatic carbocycles. The summed E-state index contributed by atoms with van der Waals surface area (Å²) in [4.78, 5) is 32.9. The maximum Gasteiger partial charge on any atom is 0.167 e. The Morgan fingerprint density at radius 3 is 2.62 bits per heavy atom. The lowest BCUT2D eigenvalue weighted by Gasteiger charge is -2.11. The molecular formula is C9H13NO3. The minimum absolute atomic E-state index is 0.278. The third kappa shape index (κ3) is 2.21. The van der Waals surface area contributed by atoms with Gasteiger partial charge in [-0.25, -0.2) is 0 Å². The van der Waals surface area contributed by atoms with Crippen LogP contribution in [0, 0.1) is 5.92 Å². The Bertz CT molecular complexity index is 231. The molecule has 2 atom stereocenters. The van der Waals surface area contributed by atoms with Crippen LogP contribution in [0.3, 0.4) is 0 Å². The zero-order valence-corrected chi connectivity index (χ0v) is 7.58.